The van der Waals surface area contributed by atoms with Crippen LogP contribution in [-0.2, 0) is 4.74 Å². The second kappa shape index (κ2) is 4.92. The van der Waals surface area contributed by atoms with Gasteiger partial charge in [-0.15, -0.1) is 11.3 Å². The van der Waals surface area contributed by atoms with E-state index >= 15 is 0 Å². The minimum Gasteiger partial charge on any atom is -0.464 e. The minimum atomic E-state index is -4.90. The summed E-state index contributed by atoms with van der Waals surface area (Å²) in [6, 6.07) is 0. The maximum absolute atomic E-state index is 13.5. The molecule has 6 nitrogen and oxygen atoms in total. The molecule has 1 fully saturated rings. The second-order valence-electron chi connectivity index (χ2n) is 5.08. The molecule has 0 bridgehead atoms. The number of aromatic nitrogens is 1. The molecule has 1 aliphatic carbocycles. The van der Waals surface area contributed by atoms with Gasteiger partial charge in [0.15, 0.2) is 5.69 Å². The van der Waals surface area contributed by atoms with E-state index in [4.69, 9.17) is 0 Å². The molecule has 2 atom stereocenters. The molecule has 2 heterocycles. The first-order chi connectivity index (χ1) is 10.3. The van der Waals surface area contributed by atoms with Crippen molar-refractivity contribution >= 4 is 28.1 Å². The smallest absolute Gasteiger partial charge is 0.439 e. The van der Waals surface area contributed by atoms with Gasteiger partial charge in [-0.05, 0) is 19.3 Å². The Labute approximate surface area is 127 Å². The summed E-state index contributed by atoms with van der Waals surface area (Å²) in [5.74, 6) is -1.86. The van der Waals surface area contributed by atoms with Gasteiger partial charge < -0.3 is 9.84 Å². The maximum atomic E-state index is 13.5. The lowest BCUT2D eigenvalue weighted by atomic mass is 9.93. The normalized spacial score (nSPS) is 27.8. The first-order valence-electron chi connectivity index (χ1n) is 6.49. The number of hydrazone groups is 1. The molecule has 2 unspecified atom stereocenters. The predicted octanol–water partition coefficient (Wildman–Crippen LogP) is 2.16. The summed E-state index contributed by atoms with van der Waals surface area (Å²) >= 11 is 0.794. The van der Waals surface area contributed by atoms with Crippen LogP contribution < -0.4 is 5.01 Å². The molecular weight excluding hydrogens is 323 g/mol. The van der Waals surface area contributed by atoms with E-state index in [1.807, 2.05) is 0 Å². The SMILES string of the molecule is COC(=O)c1csc(N2N=C3CCCC3C2(O)C(F)(F)F)n1. The topological polar surface area (TPSA) is 75.0 Å². The van der Waals surface area contributed by atoms with E-state index in [2.05, 4.69) is 14.8 Å². The van der Waals surface area contributed by atoms with Gasteiger partial charge >= 0.3 is 12.1 Å². The van der Waals surface area contributed by atoms with Crippen molar-refractivity contribution < 1.29 is 27.8 Å². The highest BCUT2D eigenvalue weighted by Crippen LogP contribution is 2.50. The standard InChI is InChI=1S/C12H12F3N3O3S/c1-21-9(19)8-5-22-10(16-8)18-11(20,12(13,14)15)6-3-2-4-7(6)17-18/h5-6,20H,2-4H2,1H3. The van der Waals surface area contributed by atoms with Gasteiger partial charge in [-0.3, -0.25) is 0 Å². The van der Waals surface area contributed by atoms with Gasteiger partial charge in [-0.25, -0.2) is 9.78 Å². The number of nitrogens with zero attached hydrogens (tertiary/aromatic N) is 3. The summed E-state index contributed by atoms with van der Waals surface area (Å²) in [4.78, 5) is 15.2. The molecule has 3 rings (SSSR count). The highest BCUT2D eigenvalue weighted by molar-refractivity contribution is 7.14. The molecule has 0 aromatic carbocycles. The Morgan fingerprint density at radius 2 is 2.32 bits per heavy atom. The van der Waals surface area contributed by atoms with Gasteiger partial charge in [-0.2, -0.15) is 23.3 Å². The second-order valence-corrected chi connectivity index (χ2v) is 5.92. The maximum Gasteiger partial charge on any atom is 0.439 e. The number of fused-ring (bicyclic) bond motifs is 1. The predicted molar refractivity (Wildman–Crippen MR) is 71.7 cm³/mol. The van der Waals surface area contributed by atoms with Crippen molar-refractivity contribution in [1.29, 1.82) is 0 Å². The largest absolute Gasteiger partial charge is 0.464 e. The number of alkyl halides is 3. The fraction of sp³-hybridized carbons (Fsp3) is 0.583. The zero-order valence-corrected chi connectivity index (χ0v) is 12.2. The molecule has 1 N–H and O–H groups in total. The van der Waals surface area contributed by atoms with Crippen molar-refractivity contribution in [3.63, 3.8) is 0 Å². The molecule has 1 aromatic rings. The molecule has 120 valence electrons. The lowest BCUT2D eigenvalue weighted by molar-refractivity contribution is -0.268. The Bertz CT molecular complexity index is 645. The third-order valence-electron chi connectivity index (χ3n) is 3.85. The van der Waals surface area contributed by atoms with Crippen LogP contribution in [0, 0.1) is 5.92 Å². The molecule has 2 aliphatic rings. The van der Waals surface area contributed by atoms with E-state index in [0.29, 0.717) is 23.6 Å². The Balaban J connectivity index is 2.03. The zero-order valence-electron chi connectivity index (χ0n) is 11.4. The molecule has 10 heteroatoms. The number of hydrogen-bond donors (Lipinski definition) is 1. The van der Waals surface area contributed by atoms with Crippen LogP contribution in [0.2, 0.25) is 0 Å². The number of hydrogen-bond acceptors (Lipinski definition) is 7. The monoisotopic (exact) mass is 335 g/mol. The summed E-state index contributed by atoms with van der Waals surface area (Å²) in [7, 11) is 1.15. The molecule has 0 radical (unpaired) electrons. The lowest BCUT2D eigenvalue weighted by Gasteiger charge is -2.36. The lowest BCUT2D eigenvalue weighted by Crippen LogP contribution is -2.59. The summed E-state index contributed by atoms with van der Waals surface area (Å²) in [5, 5.41) is 15.8. The van der Waals surface area contributed by atoms with Gasteiger partial charge in [0.25, 0.3) is 5.72 Å². The van der Waals surface area contributed by atoms with Crippen molar-refractivity contribution in [1.82, 2.24) is 4.98 Å². The van der Waals surface area contributed by atoms with Crippen LogP contribution in [0.25, 0.3) is 0 Å². The van der Waals surface area contributed by atoms with Crippen LogP contribution in [0.1, 0.15) is 29.8 Å². The van der Waals surface area contributed by atoms with Crippen LogP contribution in [0.4, 0.5) is 18.3 Å². The third kappa shape index (κ3) is 2.01. The highest BCUT2D eigenvalue weighted by atomic mass is 32.1. The molecule has 1 aliphatic heterocycles. The molecule has 0 spiro atoms. The van der Waals surface area contributed by atoms with Gasteiger partial charge in [0.2, 0.25) is 5.13 Å². The van der Waals surface area contributed by atoms with Gasteiger partial charge in [0.1, 0.15) is 0 Å². The summed E-state index contributed by atoms with van der Waals surface area (Å²) in [5.41, 5.74) is -2.93. The first-order valence-corrected chi connectivity index (χ1v) is 7.37. The Hall–Kier alpha value is -1.68. The minimum absolute atomic E-state index is 0.121. The fourth-order valence-corrected chi connectivity index (χ4v) is 3.60. The van der Waals surface area contributed by atoms with Crippen LogP contribution in [0.15, 0.2) is 10.5 Å². The first kappa shape index (κ1) is 15.2. The highest BCUT2D eigenvalue weighted by Gasteiger charge is 2.68. The Morgan fingerprint density at radius 1 is 1.59 bits per heavy atom. The molecule has 22 heavy (non-hydrogen) atoms. The van der Waals surface area contributed by atoms with Crippen molar-refractivity contribution in [3.8, 4) is 0 Å². The van der Waals surface area contributed by atoms with Crippen molar-refractivity contribution in [3.05, 3.63) is 11.1 Å². The number of rotatable bonds is 2. The van der Waals surface area contributed by atoms with Gasteiger partial charge in [0.05, 0.1) is 13.0 Å². The van der Waals surface area contributed by atoms with Crippen LogP contribution >= 0.6 is 11.3 Å². The molecule has 0 amide bonds. The third-order valence-corrected chi connectivity index (χ3v) is 4.67. The Morgan fingerprint density at radius 3 is 2.95 bits per heavy atom. The molecule has 1 aromatic heterocycles. The average Bonchev–Trinajstić information content (AvgIpc) is 3.13. The molecule has 0 saturated heterocycles. The number of carbonyl (C=O) groups excluding carboxylic acids is 1. The van der Waals surface area contributed by atoms with Crippen LogP contribution in [0.5, 0.6) is 0 Å². The summed E-state index contributed by atoms with van der Waals surface area (Å²) < 4.78 is 44.9. The summed E-state index contributed by atoms with van der Waals surface area (Å²) in [6.45, 7) is 0. The van der Waals surface area contributed by atoms with E-state index < -0.39 is 23.8 Å². The zero-order chi connectivity index (χ0) is 16.1. The van der Waals surface area contributed by atoms with Gasteiger partial charge in [0, 0.05) is 11.1 Å². The number of ether oxygens (including phenoxy) is 1. The fourth-order valence-electron chi connectivity index (χ4n) is 2.80. The van der Waals surface area contributed by atoms with Crippen molar-refractivity contribution in [2.24, 2.45) is 11.0 Å². The van der Waals surface area contributed by atoms with E-state index in [1.165, 1.54) is 5.38 Å². The van der Waals surface area contributed by atoms with Gasteiger partial charge in [-0.1, -0.05) is 0 Å². The number of carbonyl (C=O) groups is 1. The van der Waals surface area contributed by atoms with Crippen molar-refractivity contribution in [2.75, 3.05) is 12.1 Å². The van der Waals surface area contributed by atoms with E-state index in [1.54, 1.807) is 0 Å². The number of halogens is 3. The Kier molecular flexibility index (Phi) is 3.40. The summed E-state index contributed by atoms with van der Waals surface area (Å²) in [6.07, 6.45) is -3.72. The number of methoxy groups -OCH3 is 1. The van der Waals surface area contributed by atoms with Crippen LogP contribution in [-0.4, -0.2) is 40.8 Å². The average molecular weight is 335 g/mol. The van der Waals surface area contributed by atoms with Crippen LogP contribution in [0.3, 0.4) is 0 Å². The number of aliphatic hydroxyl groups is 1. The molecule has 1 saturated carbocycles. The van der Waals surface area contributed by atoms with E-state index in [0.717, 1.165) is 18.4 Å². The quantitative estimate of drug-likeness (QED) is 0.838. The number of anilines is 1. The molecular formula is C12H12F3N3O3S. The van der Waals surface area contributed by atoms with E-state index in [-0.39, 0.29) is 17.2 Å². The number of thiazole rings is 1. The van der Waals surface area contributed by atoms with Crippen molar-refractivity contribution in [2.45, 2.75) is 31.2 Å². The number of esters is 1. The van der Waals surface area contributed by atoms with E-state index in [9.17, 15) is 23.1 Å².